The van der Waals surface area contributed by atoms with Gasteiger partial charge in [0.1, 0.15) is 5.75 Å². The molecule has 2 aromatic carbocycles. The first-order valence-corrected chi connectivity index (χ1v) is 8.95. The van der Waals surface area contributed by atoms with Gasteiger partial charge in [0, 0.05) is 12.1 Å². The lowest BCUT2D eigenvalue weighted by molar-refractivity contribution is 0.242. The number of aromatic nitrogens is 2. The van der Waals surface area contributed by atoms with Crippen molar-refractivity contribution < 1.29 is 22.4 Å². The van der Waals surface area contributed by atoms with Gasteiger partial charge >= 0.3 is 0 Å². The summed E-state index contributed by atoms with van der Waals surface area (Å²) in [4.78, 5) is 4.06. The van der Waals surface area contributed by atoms with E-state index in [4.69, 9.17) is 9.26 Å². The molecule has 2 heterocycles. The van der Waals surface area contributed by atoms with E-state index in [1.54, 1.807) is 0 Å². The van der Waals surface area contributed by atoms with Crippen molar-refractivity contribution in [2.75, 3.05) is 13.1 Å². The molecule has 4 rings (SSSR count). The molecule has 0 amide bonds. The Balaban J connectivity index is 1.48. The van der Waals surface area contributed by atoms with Gasteiger partial charge in [0.15, 0.2) is 24.1 Å². The first-order chi connectivity index (χ1) is 13.5. The lowest BCUT2D eigenvalue weighted by atomic mass is 9.95. The molecule has 3 aromatic rings. The van der Waals surface area contributed by atoms with Crippen molar-refractivity contribution in [2.45, 2.75) is 25.9 Å². The molecule has 8 heteroatoms. The number of nitrogens with zero attached hydrogens (tertiary/aromatic N) is 2. The van der Waals surface area contributed by atoms with Crippen molar-refractivity contribution in [1.29, 1.82) is 0 Å². The molecule has 1 aliphatic heterocycles. The summed E-state index contributed by atoms with van der Waals surface area (Å²) >= 11 is 0. The van der Waals surface area contributed by atoms with E-state index in [9.17, 15) is 13.2 Å². The number of hydrogen-bond donors (Lipinski definition) is 1. The highest BCUT2D eigenvalue weighted by molar-refractivity contribution is 5.54. The lowest BCUT2D eigenvalue weighted by Crippen LogP contribution is -2.18. The Kier molecular flexibility index (Phi) is 5.04. The number of fused-ring (bicyclic) bond motifs is 1. The molecule has 1 aromatic heterocycles. The minimum atomic E-state index is -1.54. The number of rotatable bonds is 4. The second-order valence-corrected chi connectivity index (χ2v) is 6.77. The standard InChI is InChI=1S/C20H18F3N3O2/c1-11-9-24-5-4-12-2-3-14(8-15(11)12)27-10-18-25-20(26-28-18)13-6-16(21)19(23)17(22)7-13/h2-3,6-8,11,24H,4-5,9-10H2,1H3. The van der Waals surface area contributed by atoms with Gasteiger partial charge in [-0.25, -0.2) is 13.2 Å². The third-order valence-electron chi connectivity index (χ3n) is 4.74. The van der Waals surface area contributed by atoms with Crippen LogP contribution in [0.25, 0.3) is 11.4 Å². The Morgan fingerprint density at radius 3 is 2.75 bits per heavy atom. The van der Waals surface area contributed by atoms with Crippen LogP contribution in [0.15, 0.2) is 34.9 Å². The Morgan fingerprint density at radius 2 is 1.96 bits per heavy atom. The Morgan fingerprint density at radius 1 is 1.18 bits per heavy atom. The smallest absolute Gasteiger partial charge is 0.264 e. The second-order valence-electron chi connectivity index (χ2n) is 6.77. The van der Waals surface area contributed by atoms with Crippen molar-refractivity contribution in [3.05, 3.63) is 64.8 Å². The maximum absolute atomic E-state index is 13.4. The van der Waals surface area contributed by atoms with Crippen LogP contribution in [0, 0.1) is 17.5 Å². The molecule has 1 N–H and O–H groups in total. The maximum atomic E-state index is 13.4. The SMILES string of the molecule is CC1CNCCc2ccc(OCc3nc(-c4cc(F)c(F)c(F)c4)no3)cc21. The molecule has 146 valence electrons. The van der Waals surface area contributed by atoms with Gasteiger partial charge in [-0.1, -0.05) is 18.1 Å². The zero-order chi connectivity index (χ0) is 19.7. The molecule has 0 bridgehead atoms. The van der Waals surface area contributed by atoms with Crippen LogP contribution in [0.2, 0.25) is 0 Å². The van der Waals surface area contributed by atoms with E-state index in [0.717, 1.165) is 31.6 Å². The van der Waals surface area contributed by atoms with Crippen molar-refractivity contribution >= 4 is 0 Å². The summed E-state index contributed by atoms with van der Waals surface area (Å²) in [6.07, 6.45) is 0.970. The summed E-state index contributed by atoms with van der Waals surface area (Å²) < 4.78 is 50.6. The zero-order valence-corrected chi connectivity index (χ0v) is 15.1. The minimum absolute atomic E-state index is 0.00454. The van der Waals surface area contributed by atoms with Gasteiger partial charge in [-0.15, -0.1) is 0 Å². The number of ether oxygens (including phenoxy) is 1. The quantitative estimate of drug-likeness (QED) is 0.684. The highest BCUT2D eigenvalue weighted by Gasteiger charge is 2.17. The van der Waals surface area contributed by atoms with E-state index in [1.807, 2.05) is 12.1 Å². The maximum Gasteiger partial charge on any atom is 0.264 e. The van der Waals surface area contributed by atoms with Crippen LogP contribution < -0.4 is 10.1 Å². The average Bonchev–Trinajstić information content (AvgIpc) is 3.09. The predicted octanol–water partition coefficient (Wildman–Crippen LogP) is 3.98. The highest BCUT2D eigenvalue weighted by Crippen LogP contribution is 2.27. The minimum Gasteiger partial charge on any atom is -0.484 e. The highest BCUT2D eigenvalue weighted by atomic mass is 19.2. The molecule has 1 aliphatic rings. The lowest BCUT2D eigenvalue weighted by Gasteiger charge is -2.14. The number of hydrogen-bond acceptors (Lipinski definition) is 5. The monoisotopic (exact) mass is 389 g/mol. The van der Waals surface area contributed by atoms with Gasteiger partial charge in [0.05, 0.1) is 0 Å². The molecule has 0 spiro atoms. The molecule has 1 unspecified atom stereocenters. The van der Waals surface area contributed by atoms with Crippen molar-refractivity contribution in [2.24, 2.45) is 0 Å². The fraction of sp³-hybridized carbons (Fsp3) is 0.300. The molecule has 0 aliphatic carbocycles. The topological polar surface area (TPSA) is 60.2 Å². The summed E-state index contributed by atoms with van der Waals surface area (Å²) in [5, 5.41) is 7.08. The van der Waals surface area contributed by atoms with Crippen LogP contribution in [-0.4, -0.2) is 23.2 Å². The number of halogens is 3. The molecule has 0 saturated heterocycles. The van der Waals surface area contributed by atoms with Crippen LogP contribution >= 0.6 is 0 Å². The molecule has 5 nitrogen and oxygen atoms in total. The Bertz CT molecular complexity index is 983. The van der Waals surface area contributed by atoms with Crippen LogP contribution in [-0.2, 0) is 13.0 Å². The molecule has 0 fully saturated rings. The third kappa shape index (κ3) is 3.73. The van der Waals surface area contributed by atoms with Crippen LogP contribution in [0.1, 0.15) is 29.9 Å². The van der Waals surface area contributed by atoms with Gasteiger partial charge in [-0.3, -0.25) is 0 Å². The molecular weight excluding hydrogens is 371 g/mol. The van der Waals surface area contributed by atoms with Crippen LogP contribution in [0.5, 0.6) is 5.75 Å². The Hall–Kier alpha value is -2.87. The third-order valence-corrected chi connectivity index (χ3v) is 4.74. The summed E-state index contributed by atoms with van der Waals surface area (Å²) in [5.41, 5.74) is 2.52. The zero-order valence-electron chi connectivity index (χ0n) is 15.1. The second kappa shape index (κ2) is 7.63. The van der Waals surface area contributed by atoms with Crippen LogP contribution in [0.3, 0.4) is 0 Å². The summed E-state index contributed by atoms with van der Waals surface area (Å²) in [6.45, 7) is 4.03. The van der Waals surface area contributed by atoms with Gasteiger partial charge in [0.2, 0.25) is 5.82 Å². The summed E-state index contributed by atoms with van der Waals surface area (Å²) in [6, 6.07) is 7.58. The van der Waals surface area contributed by atoms with Gasteiger partial charge < -0.3 is 14.6 Å². The number of nitrogens with one attached hydrogen (secondary N) is 1. The molecule has 1 atom stereocenters. The van der Waals surface area contributed by atoms with E-state index >= 15 is 0 Å². The van der Waals surface area contributed by atoms with Gasteiger partial charge in [0.25, 0.3) is 5.89 Å². The predicted molar refractivity (Wildman–Crippen MR) is 95.4 cm³/mol. The summed E-state index contributed by atoms with van der Waals surface area (Å²) in [7, 11) is 0. The Labute approximate surface area is 159 Å². The fourth-order valence-corrected chi connectivity index (χ4v) is 3.26. The van der Waals surface area contributed by atoms with E-state index in [-0.39, 0.29) is 23.9 Å². The van der Waals surface area contributed by atoms with Gasteiger partial charge in [-0.05, 0) is 54.3 Å². The van der Waals surface area contributed by atoms with Gasteiger partial charge in [-0.2, -0.15) is 4.98 Å². The molecule has 28 heavy (non-hydrogen) atoms. The number of benzene rings is 2. The summed E-state index contributed by atoms with van der Waals surface area (Å²) in [5.74, 6) is -3.02. The largest absolute Gasteiger partial charge is 0.484 e. The van der Waals surface area contributed by atoms with E-state index in [2.05, 4.69) is 28.4 Å². The first kappa shape index (κ1) is 18.5. The van der Waals surface area contributed by atoms with E-state index in [0.29, 0.717) is 11.7 Å². The first-order valence-electron chi connectivity index (χ1n) is 8.95. The molecule has 0 saturated carbocycles. The fourth-order valence-electron chi connectivity index (χ4n) is 3.26. The average molecular weight is 389 g/mol. The van der Waals surface area contributed by atoms with Crippen molar-refractivity contribution in [3.8, 4) is 17.1 Å². The molecular formula is C20H18F3N3O2. The molecule has 0 radical (unpaired) electrons. The normalized spacial score (nSPS) is 16.5. The van der Waals surface area contributed by atoms with E-state index < -0.39 is 17.5 Å². The van der Waals surface area contributed by atoms with Crippen molar-refractivity contribution in [3.63, 3.8) is 0 Å². The van der Waals surface area contributed by atoms with Crippen LogP contribution in [0.4, 0.5) is 13.2 Å². The van der Waals surface area contributed by atoms with E-state index in [1.165, 1.54) is 11.1 Å². The van der Waals surface area contributed by atoms with Crippen molar-refractivity contribution in [1.82, 2.24) is 15.5 Å².